The highest BCUT2D eigenvalue weighted by Crippen LogP contribution is 2.25. The number of ether oxygens (including phenoxy) is 1. The molecular weight excluding hydrogens is 302 g/mol. The SMILES string of the molecule is CCOC(=O)c1nccc(Br)c1NC(=O)CC#N. The number of aromatic nitrogens is 1. The average Bonchev–Trinajstić information content (AvgIpc) is 2.32. The predicted octanol–water partition coefficient (Wildman–Crippen LogP) is 1.87. The Balaban J connectivity index is 3.05. The zero-order valence-electron chi connectivity index (χ0n) is 9.57. The molecule has 0 saturated heterocycles. The van der Waals surface area contributed by atoms with Crippen molar-refractivity contribution < 1.29 is 14.3 Å². The summed E-state index contributed by atoms with van der Waals surface area (Å²) in [6.45, 7) is 1.88. The minimum Gasteiger partial charge on any atom is -0.461 e. The molecule has 0 spiro atoms. The summed E-state index contributed by atoms with van der Waals surface area (Å²) >= 11 is 3.20. The molecule has 1 amide bonds. The molecule has 18 heavy (non-hydrogen) atoms. The fourth-order valence-electron chi connectivity index (χ4n) is 1.17. The molecular formula is C11H10BrN3O3. The zero-order valence-corrected chi connectivity index (χ0v) is 11.2. The fourth-order valence-corrected chi connectivity index (χ4v) is 1.57. The summed E-state index contributed by atoms with van der Waals surface area (Å²) in [5, 5.41) is 10.9. The molecule has 0 aliphatic heterocycles. The molecule has 0 saturated carbocycles. The van der Waals surface area contributed by atoms with Gasteiger partial charge in [0, 0.05) is 10.7 Å². The van der Waals surface area contributed by atoms with Gasteiger partial charge in [-0.05, 0) is 28.9 Å². The Morgan fingerprint density at radius 3 is 2.94 bits per heavy atom. The van der Waals surface area contributed by atoms with Crippen molar-refractivity contribution in [2.24, 2.45) is 0 Å². The molecule has 1 heterocycles. The van der Waals surface area contributed by atoms with E-state index in [2.05, 4.69) is 26.2 Å². The third-order valence-corrected chi connectivity index (χ3v) is 2.53. The van der Waals surface area contributed by atoms with Gasteiger partial charge in [-0.3, -0.25) is 4.79 Å². The van der Waals surface area contributed by atoms with Crippen molar-refractivity contribution in [2.45, 2.75) is 13.3 Å². The largest absolute Gasteiger partial charge is 0.461 e. The molecule has 0 bridgehead atoms. The third-order valence-electron chi connectivity index (χ3n) is 1.87. The lowest BCUT2D eigenvalue weighted by Gasteiger charge is -2.10. The Bertz CT molecular complexity index is 511. The molecule has 0 unspecified atom stereocenters. The van der Waals surface area contributed by atoms with Gasteiger partial charge >= 0.3 is 5.97 Å². The van der Waals surface area contributed by atoms with Crippen molar-refractivity contribution in [3.8, 4) is 6.07 Å². The van der Waals surface area contributed by atoms with Crippen LogP contribution in [0.5, 0.6) is 0 Å². The number of amides is 1. The van der Waals surface area contributed by atoms with Crippen LogP contribution in [0.15, 0.2) is 16.7 Å². The van der Waals surface area contributed by atoms with Crippen molar-refractivity contribution in [1.82, 2.24) is 4.98 Å². The first-order valence-corrected chi connectivity index (χ1v) is 5.87. The van der Waals surface area contributed by atoms with E-state index < -0.39 is 11.9 Å². The molecule has 7 heteroatoms. The van der Waals surface area contributed by atoms with Crippen LogP contribution in [-0.4, -0.2) is 23.5 Å². The van der Waals surface area contributed by atoms with E-state index in [1.165, 1.54) is 6.20 Å². The normalized spacial score (nSPS) is 9.39. The van der Waals surface area contributed by atoms with Crippen molar-refractivity contribution >= 4 is 33.5 Å². The number of pyridine rings is 1. The molecule has 0 atom stereocenters. The van der Waals surface area contributed by atoms with Gasteiger partial charge < -0.3 is 10.1 Å². The van der Waals surface area contributed by atoms with E-state index in [0.29, 0.717) is 4.47 Å². The second kappa shape index (κ2) is 6.71. The van der Waals surface area contributed by atoms with Crippen LogP contribution in [0.25, 0.3) is 0 Å². The Morgan fingerprint density at radius 1 is 1.61 bits per heavy atom. The van der Waals surface area contributed by atoms with E-state index in [-0.39, 0.29) is 24.4 Å². The number of nitriles is 1. The fraction of sp³-hybridized carbons (Fsp3) is 0.273. The minimum absolute atomic E-state index is 0.00230. The summed E-state index contributed by atoms with van der Waals surface area (Å²) in [7, 11) is 0. The van der Waals surface area contributed by atoms with Gasteiger partial charge in [0.2, 0.25) is 5.91 Å². The molecule has 6 nitrogen and oxygen atoms in total. The molecule has 1 N–H and O–H groups in total. The lowest BCUT2D eigenvalue weighted by Crippen LogP contribution is -2.16. The molecule has 1 rings (SSSR count). The highest BCUT2D eigenvalue weighted by Gasteiger charge is 2.18. The van der Waals surface area contributed by atoms with Crippen molar-refractivity contribution in [3.05, 3.63) is 22.4 Å². The van der Waals surface area contributed by atoms with E-state index in [1.807, 2.05) is 0 Å². The molecule has 0 aliphatic carbocycles. The molecule has 94 valence electrons. The van der Waals surface area contributed by atoms with Gasteiger partial charge in [-0.2, -0.15) is 5.26 Å². The monoisotopic (exact) mass is 311 g/mol. The quantitative estimate of drug-likeness (QED) is 0.857. The number of anilines is 1. The van der Waals surface area contributed by atoms with Crippen LogP contribution in [-0.2, 0) is 9.53 Å². The second-order valence-corrected chi connectivity index (χ2v) is 3.97. The maximum atomic E-state index is 11.6. The zero-order chi connectivity index (χ0) is 13.5. The Labute approximate surface area is 112 Å². The van der Waals surface area contributed by atoms with Gasteiger partial charge in [0.05, 0.1) is 18.4 Å². The maximum absolute atomic E-state index is 11.6. The molecule has 0 radical (unpaired) electrons. The van der Waals surface area contributed by atoms with Crippen LogP contribution in [0, 0.1) is 11.3 Å². The summed E-state index contributed by atoms with van der Waals surface area (Å²) < 4.78 is 5.32. The topological polar surface area (TPSA) is 92.1 Å². The smallest absolute Gasteiger partial charge is 0.359 e. The molecule has 0 aromatic carbocycles. The van der Waals surface area contributed by atoms with E-state index in [9.17, 15) is 9.59 Å². The standard InChI is InChI=1S/C11H10BrN3O3/c1-2-18-11(17)10-9(7(12)4-6-14-10)15-8(16)3-5-13/h4,6H,2-3H2,1H3,(H,15,16). The minimum atomic E-state index is -0.633. The first-order chi connectivity index (χ1) is 8.60. The number of rotatable bonds is 4. The van der Waals surface area contributed by atoms with Gasteiger partial charge in [-0.15, -0.1) is 0 Å². The summed E-state index contributed by atoms with van der Waals surface area (Å²) in [6.07, 6.45) is 1.11. The first-order valence-electron chi connectivity index (χ1n) is 5.08. The summed E-state index contributed by atoms with van der Waals surface area (Å²) in [6, 6.07) is 3.29. The van der Waals surface area contributed by atoms with Crippen LogP contribution in [0.3, 0.4) is 0 Å². The third kappa shape index (κ3) is 3.53. The number of esters is 1. The van der Waals surface area contributed by atoms with Crippen LogP contribution in [0.4, 0.5) is 5.69 Å². The summed E-state index contributed by atoms with van der Waals surface area (Å²) in [4.78, 5) is 26.9. The number of nitrogens with one attached hydrogen (secondary N) is 1. The first kappa shape index (κ1) is 14.1. The number of carbonyl (C=O) groups excluding carboxylic acids is 2. The van der Waals surface area contributed by atoms with Crippen LogP contribution in [0.1, 0.15) is 23.8 Å². The van der Waals surface area contributed by atoms with Gasteiger partial charge in [0.15, 0.2) is 5.69 Å². The van der Waals surface area contributed by atoms with Crippen LogP contribution >= 0.6 is 15.9 Å². The second-order valence-electron chi connectivity index (χ2n) is 3.12. The highest BCUT2D eigenvalue weighted by molar-refractivity contribution is 9.10. The summed E-state index contributed by atoms with van der Waals surface area (Å²) in [5.74, 6) is -1.15. The van der Waals surface area contributed by atoms with Crippen molar-refractivity contribution in [2.75, 3.05) is 11.9 Å². The van der Waals surface area contributed by atoms with Crippen LogP contribution in [0.2, 0.25) is 0 Å². The number of hydrogen-bond donors (Lipinski definition) is 1. The average molecular weight is 312 g/mol. The number of hydrogen-bond acceptors (Lipinski definition) is 5. The Hall–Kier alpha value is -1.94. The van der Waals surface area contributed by atoms with E-state index in [1.54, 1.807) is 19.1 Å². The van der Waals surface area contributed by atoms with E-state index in [4.69, 9.17) is 10.00 Å². The van der Waals surface area contributed by atoms with Crippen molar-refractivity contribution in [3.63, 3.8) is 0 Å². The molecule has 0 aliphatic rings. The highest BCUT2D eigenvalue weighted by atomic mass is 79.9. The van der Waals surface area contributed by atoms with Gasteiger partial charge in [-0.1, -0.05) is 0 Å². The van der Waals surface area contributed by atoms with Gasteiger partial charge in [0.1, 0.15) is 6.42 Å². The predicted molar refractivity (Wildman–Crippen MR) is 66.8 cm³/mol. The number of nitrogens with zero attached hydrogens (tertiary/aromatic N) is 2. The lowest BCUT2D eigenvalue weighted by atomic mass is 10.3. The summed E-state index contributed by atoms with van der Waals surface area (Å²) in [5.41, 5.74) is 0.203. The van der Waals surface area contributed by atoms with E-state index >= 15 is 0 Å². The Kier molecular flexibility index (Phi) is 5.27. The van der Waals surface area contributed by atoms with E-state index in [0.717, 1.165) is 0 Å². The van der Waals surface area contributed by atoms with Gasteiger partial charge in [0.25, 0.3) is 0 Å². The number of carbonyl (C=O) groups is 2. The van der Waals surface area contributed by atoms with Crippen LogP contribution < -0.4 is 5.32 Å². The molecule has 1 aromatic heterocycles. The van der Waals surface area contributed by atoms with Gasteiger partial charge in [-0.25, -0.2) is 9.78 Å². The Morgan fingerprint density at radius 2 is 2.33 bits per heavy atom. The molecule has 1 aromatic rings. The molecule has 0 fully saturated rings. The number of halogens is 1. The lowest BCUT2D eigenvalue weighted by molar-refractivity contribution is -0.115. The maximum Gasteiger partial charge on any atom is 0.359 e. The van der Waals surface area contributed by atoms with Crippen molar-refractivity contribution in [1.29, 1.82) is 5.26 Å².